The van der Waals surface area contributed by atoms with E-state index in [1.807, 2.05) is 0 Å². The first-order valence-corrected chi connectivity index (χ1v) is 18.8. The van der Waals surface area contributed by atoms with Crippen LogP contribution in [0, 0.1) is 0 Å². The number of nitrogens with zero attached hydrogens (tertiary/aromatic N) is 2. The fourth-order valence-electron chi connectivity index (χ4n) is 9.00. The normalized spacial score (nSPS) is 14.2. The van der Waals surface area contributed by atoms with Gasteiger partial charge < -0.3 is 13.8 Å². The summed E-state index contributed by atoms with van der Waals surface area (Å²) in [6, 6.07) is 41.6. The van der Waals surface area contributed by atoms with E-state index in [0.717, 1.165) is 16.6 Å². The molecule has 0 fully saturated rings. The highest BCUT2D eigenvalue weighted by atomic mass is 16.3. The number of aromatic nitrogens is 1. The Labute approximate surface area is 307 Å². The van der Waals surface area contributed by atoms with Crippen LogP contribution in [-0.4, -0.2) is 11.4 Å². The number of anilines is 2. The van der Waals surface area contributed by atoms with Gasteiger partial charge in [-0.2, -0.15) is 0 Å². The molecular formula is C48H45BN2O. The van der Waals surface area contributed by atoms with Gasteiger partial charge in [-0.3, -0.25) is 0 Å². The van der Waals surface area contributed by atoms with Gasteiger partial charge in [0, 0.05) is 38.8 Å². The van der Waals surface area contributed by atoms with Crippen LogP contribution in [0.25, 0.3) is 60.6 Å². The summed E-state index contributed by atoms with van der Waals surface area (Å²) in [4.78, 5) is 2.64. The molecule has 6 aromatic carbocycles. The molecule has 0 saturated heterocycles. The second kappa shape index (κ2) is 10.2. The molecule has 0 spiro atoms. The maximum atomic E-state index is 6.76. The molecule has 0 unspecified atom stereocenters. The highest BCUT2D eigenvalue weighted by molar-refractivity contribution is 6.93. The van der Waals surface area contributed by atoms with Crippen molar-refractivity contribution in [2.45, 2.75) is 78.6 Å². The van der Waals surface area contributed by atoms with Crippen molar-refractivity contribution < 1.29 is 4.42 Å². The summed E-state index contributed by atoms with van der Waals surface area (Å²) in [5, 5.41) is 4.76. The number of benzene rings is 6. The van der Waals surface area contributed by atoms with Crippen LogP contribution in [0.3, 0.4) is 0 Å². The van der Waals surface area contributed by atoms with E-state index >= 15 is 0 Å². The molecular weight excluding hydrogens is 631 g/mol. The second-order valence-corrected chi connectivity index (χ2v) is 18.3. The predicted molar refractivity (Wildman–Crippen MR) is 223 cm³/mol. The first-order valence-electron chi connectivity index (χ1n) is 18.8. The molecule has 0 radical (unpaired) electrons. The van der Waals surface area contributed by atoms with E-state index in [1.54, 1.807) is 0 Å². The average Bonchev–Trinajstić information content (AvgIpc) is 3.65. The summed E-state index contributed by atoms with van der Waals surface area (Å²) in [6.45, 7) is 20.8. The van der Waals surface area contributed by atoms with Gasteiger partial charge in [0.05, 0.1) is 16.4 Å². The van der Waals surface area contributed by atoms with Crippen LogP contribution in [0.15, 0.2) is 114 Å². The van der Waals surface area contributed by atoms with Crippen molar-refractivity contribution in [3.8, 4) is 16.8 Å². The Balaban J connectivity index is 1.38. The van der Waals surface area contributed by atoms with Crippen molar-refractivity contribution >= 4 is 72.9 Å². The highest BCUT2D eigenvalue weighted by Gasteiger charge is 2.44. The van der Waals surface area contributed by atoms with E-state index in [2.05, 4.69) is 181 Å². The van der Waals surface area contributed by atoms with Gasteiger partial charge in [-0.15, -0.1) is 0 Å². The molecule has 52 heavy (non-hydrogen) atoms. The van der Waals surface area contributed by atoms with Gasteiger partial charge in [0.2, 0.25) is 0 Å². The molecule has 8 aromatic rings. The van der Waals surface area contributed by atoms with Crippen molar-refractivity contribution in [1.29, 1.82) is 0 Å². The SMILES string of the molecule is CC(C)(C)c1ccc(N2B3c4cc(C(C)(C)C)ccc4-n4c5ccc6c7ccccc7oc6c5c5ccc(c3c54)-c3cc(C(C)(C)C)ccc32)cc1. The number of fused-ring (bicyclic) bond motifs is 12. The number of para-hydroxylation sites is 1. The molecule has 256 valence electrons. The summed E-state index contributed by atoms with van der Waals surface area (Å²) in [6.07, 6.45) is 0. The van der Waals surface area contributed by atoms with E-state index < -0.39 is 0 Å². The summed E-state index contributed by atoms with van der Waals surface area (Å²) in [7, 11) is 0. The van der Waals surface area contributed by atoms with Crippen molar-refractivity contribution in [1.82, 2.24) is 4.57 Å². The molecule has 4 heterocycles. The van der Waals surface area contributed by atoms with Gasteiger partial charge in [-0.1, -0.05) is 123 Å². The number of furan rings is 1. The van der Waals surface area contributed by atoms with E-state index in [1.165, 1.54) is 83.0 Å². The van der Waals surface area contributed by atoms with Crippen molar-refractivity contribution in [3.63, 3.8) is 0 Å². The number of hydrogen-bond acceptors (Lipinski definition) is 2. The zero-order valence-electron chi connectivity index (χ0n) is 31.8. The minimum Gasteiger partial charge on any atom is -0.455 e. The molecule has 0 bridgehead atoms. The monoisotopic (exact) mass is 676 g/mol. The molecule has 0 aliphatic carbocycles. The Hall–Kier alpha value is -5.22. The maximum Gasteiger partial charge on any atom is 0.333 e. The zero-order valence-corrected chi connectivity index (χ0v) is 31.8. The lowest BCUT2D eigenvalue weighted by Crippen LogP contribution is -2.60. The van der Waals surface area contributed by atoms with Gasteiger partial charge in [0.1, 0.15) is 11.2 Å². The third kappa shape index (κ3) is 4.27. The quantitative estimate of drug-likeness (QED) is 0.161. The Morgan fingerprint density at radius 3 is 1.88 bits per heavy atom. The minimum atomic E-state index is -0.0209. The molecule has 0 atom stereocenters. The van der Waals surface area contributed by atoms with Crippen LogP contribution in [0.5, 0.6) is 0 Å². The molecule has 10 rings (SSSR count). The largest absolute Gasteiger partial charge is 0.455 e. The highest BCUT2D eigenvalue weighted by Crippen LogP contribution is 2.48. The number of rotatable bonds is 1. The molecule has 2 aliphatic rings. The molecule has 0 N–H and O–H groups in total. The zero-order chi connectivity index (χ0) is 36.1. The van der Waals surface area contributed by atoms with E-state index in [4.69, 9.17) is 4.42 Å². The van der Waals surface area contributed by atoms with Gasteiger partial charge >= 0.3 is 6.85 Å². The first kappa shape index (κ1) is 31.5. The van der Waals surface area contributed by atoms with Crippen LogP contribution < -0.4 is 15.7 Å². The lowest BCUT2D eigenvalue weighted by atomic mass is 9.43. The second-order valence-electron chi connectivity index (χ2n) is 18.3. The fraction of sp³-hybridized carbons (Fsp3) is 0.250. The summed E-state index contributed by atoms with van der Waals surface area (Å²) in [5.41, 5.74) is 17.5. The van der Waals surface area contributed by atoms with Gasteiger partial charge in [0.25, 0.3) is 0 Å². The van der Waals surface area contributed by atoms with E-state index in [0.29, 0.717) is 0 Å². The Kier molecular flexibility index (Phi) is 6.19. The molecule has 4 heteroatoms. The first-order chi connectivity index (χ1) is 24.7. The van der Waals surface area contributed by atoms with Crippen LogP contribution in [0.1, 0.15) is 79.0 Å². The Bertz CT molecular complexity index is 2790. The summed E-state index contributed by atoms with van der Waals surface area (Å²) in [5.74, 6) is 0. The summed E-state index contributed by atoms with van der Waals surface area (Å²) < 4.78 is 9.31. The molecule has 2 aromatic heterocycles. The predicted octanol–water partition coefficient (Wildman–Crippen LogP) is 11.8. The maximum absolute atomic E-state index is 6.76. The fourth-order valence-corrected chi connectivity index (χ4v) is 9.00. The van der Waals surface area contributed by atoms with Gasteiger partial charge in [0.15, 0.2) is 0 Å². The molecule has 2 aliphatic heterocycles. The third-order valence-corrected chi connectivity index (χ3v) is 11.9. The molecule has 0 amide bonds. The third-order valence-electron chi connectivity index (χ3n) is 11.9. The van der Waals surface area contributed by atoms with Crippen LogP contribution in [-0.2, 0) is 16.2 Å². The van der Waals surface area contributed by atoms with Crippen molar-refractivity contribution in [3.05, 3.63) is 126 Å². The topological polar surface area (TPSA) is 21.3 Å². The lowest BCUT2D eigenvalue weighted by Gasteiger charge is -2.43. The van der Waals surface area contributed by atoms with E-state index in [9.17, 15) is 0 Å². The van der Waals surface area contributed by atoms with Crippen LogP contribution >= 0.6 is 0 Å². The van der Waals surface area contributed by atoms with Gasteiger partial charge in [-0.05, 0) is 98.0 Å². The van der Waals surface area contributed by atoms with Gasteiger partial charge in [-0.25, -0.2) is 0 Å². The van der Waals surface area contributed by atoms with Crippen molar-refractivity contribution in [2.24, 2.45) is 0 Å². The van der Waals surface area contributed by atoms with E-state index in [-0.39, 0.29) is 23.1 Å². The minimum absolute atomic E-state index is 0.00326. The molecule has 3 nitrogen and oxygen atoms in total. The van der Waals surface area contributed by atoms with Crippen LogP contribution in [0.2, 0.25) is 0 Å². The molecule has 0 saturated carbocycles. The van der Waals surface area contributed by atoms with Crippen molar-refractivity contribution in [2.75, 3.05) is 4.81 Å². The summed E-state index contributed by atoms with van der Waals surface area (Å²) >= 11 is 0. The average molecular weight is 677 g/mol. The standard InChI is InChI=1S/C48H45BN2O/c1-46(2,3)28-14-18-31(19-15-28)51-38-23-16-29(47(4,5)6)26-36(38)33-20-21-35-42-40(25-22-34-32-12-10-11-13-41(32)52-45(34)42)50-39-24-17-30(48(7,8)9)27-37(39)49(51)43(33)44(35)50/h10-27H,1-9H3. The smallest absolute Gasteiger partial charge is 0.333 e. The van der Waals surface area contributed by atoms with Crippen LogP contribution in [0.4, 0.5) is 11.4 Å². The lowest BCUT2D eigenvalue weighted by molar-refractivity contribution is 0.590. The number of hydrogen-bond donors (Lipinski definition) is 0. The Morgan fingerprint density at radius 1 is 0.538 bits per heavy atom. The Morgan fingerprint density at radius 2 is 1.17 bits per heavy atom.